The normalized spacial score (nSPS) is 11.1. The van der Waals surface area contributed by atoms with Gasteiger partial charge in [-0.1, -0.05) is 13.8 Å². The van der Waals surface area contributed by atoms with Crippen LogP contribution in [0.25, 0.3) is 11.4 Å². The Bertz CT molecular complexity index is 703. The molecule has 1 aromatic heterocycles. The molecule has 1 heterocycles. The number of rotatable bonds is 2. The molecule has 2 aromatic rings. The van der Waals surface area contributed by atoms with Crippen LogP contribution in [0.5, 0.6) is 5.88 Å². The Kier molecular flexibility index (Phi) is 3.52. The number of halogens is 3. The largest absolute Gasteiger partial charge is 0.493 e. The van der Waals surface area contributed by atoms with Gasteiger partial charge in [-0.25, -0.2) is 13.2 Å². The lowest BCUT2D eigenvalue weighted by molar-refractivity contribution is 0.439. The molecule has 0 atom stereocenters. The van der Waals surface area contributed by atoms with E-state index in [0.29, 0.717) is 12.1 Å². The molecule has 0 radical (unpaired) electrons. The summed E-state index contributed by atoms with van der Waals surface area (Å²) in [5.41, 5.74) is -0.728. The van der Waals surface area contributed by atoms with Crippen molar-refractivity contribution >= 4 is 0 Å². The first kappa shape index (κ1) is 14.1. The molecule has 4 nitrogen and oxygen atoms in total. The summed E-state index contributed by atoms with van der Waals surface area (Å²) in [5, 5.41) is 9.70. The van der Waals surface area contributed by atoms with Crippen molar-refractivity contribution in [1.82, 2.24) is 9.97 Å². The zero-order valence-electron chi connectivity index (χ0n) is 10.7. The van der Waals surface area contributed by atoms with Gasteiger partial charge in [0, 0.05) is 5.56 Å². The van der Waals surface area contributed by atoms with E-state index in [0.717, 1.165) is 0 Å². The second kappa shape index (κ2) is 4.99. The molecule has 1 aromatic carbocycles. The van der Waals surface area contributed by atoms with Crippen LogP contribution in [0, 0.1) is 17.5 Å². The summed E-state index contributed by atoms with van der Waals surface area (Å²) in [7, 11) is 0. The Hall–Kier alpha value is -2.31. The molecule has 0 amide bonds. The Labute approximate surface area is 111 Å². The molecule has 0 bridgehead atoms. The number of aromatic hydroxyl groups is 1. The highest BCUT2D eigenvalue weighted by Crippen LogP contribution is 2.24. The van der Waals surface area contributed by atoms with E-state index < -0.39 is 28.9 Å². The standard InChI is InChI=1S/C13H11F3N2O2/c1-5(2)9-12(19)17-11(18-13(9)20)6-3-7(14)10(16)8(15)4-6/h3-5H,1-2H3,(H2,17,18,19,20). The van der Waals surface area contributed by atoms with Gasteiger partial charge in [0.05, 0.1) is 5.56 Å². The number of hydrogen-bond donors (Lipinski definition) is 2. The van der Waals surface area contributed by atoms with E-state index in [1.54, 1.807) is 13.8 Å². The van der Waals surface area contributed by atoms with Gasteiger partial charge in [-0.2, -0.15) is 4.98 Å². The van der Waals surface area contributed by atoms with Gasteiger partial charge in [0.2, 0.25) is 5.88 Å². The van der Waals surface area contributed by atoms with Crippen LogP contribution in [0.15, 0.2) is 16.9 Å². The van der Waals surface area contributed by atoms with Crippen LogP contribution in [0.4, 0.5) is 13.2 Å². The number of benzene rings is 1. The maximum absolute atomic E-state index is 13.1. The second-order valence-corrected chi connectivity index (χ2v) is 4.56. The summed E-state index contributed by atoms with van der Waals surface area (Å²) in [6.07, 6.45) is 0. The second-order valence-electron chi connectivity index (χ2n) is 4.56. The molecule has 0 aliphatic heterocycles. The molecule has 0 saturated heterocycles. The topological polar surface area (TPSA) is 66.0 Å². The zero-order chi connectivity index (χ0) is 15.0. The van der Waals surface area contributed by atoms with E-state index >= 15 is 0 Å². The number of hydrogen-bond acceptors (Lipinski definition) is 3. The summed E-state index contributed by atoms with van der Waals surface area (Å²) in [5.74, 6) is -5.47. The third-order valence-corrected chi connectivity index (χ3v) is 2.77. The van der Waals surface area contributed by atoms with Gasteiger partial charge < -0.3 is 10.1 Å². The number of H-pyrrole nitrogens is 1. The number of nitrogens with zero attached hydrogens (tertiary/aromatic N) is 1. The van der Waals surface area contributed by atoms with E-state index in [-0.39, 0.29) is 22.9 Å². The van der Waals surface area contributed by atoms with Gasteiger partial charge in [0.1, 0.15) is 5.82 Å². The summed E-state index contributed by atoms with van der Waals surface area (Å²) in [6.45, 7) is 3.37. The molecule has 20 heavy (non-hydrogen) atoms. The highest BCUT2D eigenvalue weighted by atomic mass is 19.2. The first-order valence-electron chi connectivity index (χ1n) is 5.79. The maximum Gasteiger partial charge on any atom is 0.258 e. The van der Waals surface area contributed by atoms with E-state index in [1.807, 2.05) is 0 Å². The molecule has 0 aliphatic rings. The van der Waals surface area contributed by atoms with Crippen molar-refractivity contribution in [3.05, 3.63) is 45.5 Å². The highest BCUT2D eigenvalue weighted by Gasteiger charge is 2.17. The average Bonchev–Trinajstić information content (AvgIpc) is 2.33. The minimum Gasteiger partial charge on any atom is -0.493 e. The van der Waals surface area contributed by atoms with Gasteiger partial charge in [0.25, 0.3) is 5.56 Å². The van der Waals surface area contributed by atoms with E-state index in [4.69, 9.17) is 0 Å². The molecular formula is C13H11F3N2O2. The van der Waals surface area contributed by atoms with Crippen LogP contribution in [0.3, 0.4) is 0 Å². The predicted octanol–water partition coefficient (Wildman–Crippen LogP) is 2.68. The summed E-state index contributed by atoms with van der Waals surface area (Å²) in [4.78, 5) is 17.8. The summed E-state index contributed by atoms with van der Waals surface area (Å²) < 4.78 is 39.1. The summed E-state index contributed by atoms with van der Waals surface area (Å²) >= 11 is 0. The quantitative estimate of drug-likeness (QED) is 0.833. The molecule has 7 heteroatoms. The van der Waals surface area contributed by atoms with Gasteiger partial charge in [-0.15, -0.1) is 0 Å². The highest BCUT2D eigenvalue weighted by molar-refractivity contribution is 5.56. The van der Waals surface area contributed by atoms with Crippen molar-refractivity contribution in [2.45, 2.75) is 19.8 Å². The molecular weight excluding hydrogens is 273 g/mol. The molecule has 0 fully saturated rings. The molecule has 106 valence electrons. The minimum absolute atomic E-state index is 0.0665. The van der Waals surface area contributed by atoms with E-state index in [1.165, 1.54) is 0 Å². The minimum atomic E-state index is -1.61. The Morgan fingerprint density at radius 1 is 1.20 bits per heavy atom. The fraction of sp³-hybridized carbons (Fsp3) is 0.231. The van der Waals surface area contributed by atoms with Crippen LogP contribution >= 0.6 is 0 Å². The lowest BCUT2D eigenvalue weighted by Gasteiger charge is -2.08. The van der Waals surface area contributed by atoms with Crippen LogP contribution in [-0.2, 0) is 0 Å². The first-order chi connectivity index (χ1) is 9.31. The van der Waals surface area contributed by atoms with Crippen molar-refractivity contribution in [1.29, 1.82) is 0 Å². The third-order valence-electron chi connectivity index (χ3n) is 2.77. The van der Waals surface area contributed by atoms with Crippen LogP contribution in [-0.4, -0.2) is 15.1 Å². The van der Waals surface area contributed by atoms with Crippen LogP contribution in [0.2, 0.25) is 0 Å². The lowest BCUT2D eigenvalue weighted by atomic mass is 10.1. The molecule has 0 unspecified atom stereocenters. The Balaban J connectivity index is 2.63. The van der Waals surface area contributed by atoms with Crippen molar-refractivity contribution in [3.63, 3.8) is 0 Å². The van der Waals surface area contributed by atoms with Gasteiger partial charge in [-0.05, 0) is 18.1 Å². The van der Waals surface area contributed by atoms with E-state index in [2.05, 4.69) is 9.97 Å². The lowest BCUT2D eigenvalue weighted by Crippen LogP contribution is -2.16. The molecule has 2 rings (SSSR count). The fourth-order valence-corrected chi connectivity index (χ4v) is 1.82. The van der Waals surface area contributed by atoms with Gasteiger partial charge in [-0.3, -0.25) is 4.79 Å². The average molecular weight is 284 g/mol. The molecule has 0 spiro atoms. The number of nitrogens with one attached hydrogen (secondary N) is 1. The van der Waals surface area contributed by atoms with E-state index in [9.17, 15) is 23.1 Å². The number of aromatic nitrogens is 2. The van der Waals surface area contributed by atoms with Crippen molar-refractivity contribution < 1.29 is 18.3 Å². The fourth-order valence-electron chi connectivity index (χ4n) is 1.82. The van der Waals surface area contributed by atoms with Gasteiger partial charge >= 0.3 is 0 Å². The monoisotopic (exact) mass is 284 g/mol. The SMILES string of the molecule is CC(C)c1c(O)nc(-c2cc(F)c(F)c(F)c2)[nH]c1=O. The number of aromatic amines is 1. The van der Waals surface area contributed by atoms with Crippen molar-refractivity contribution in [3.8, 4) is 17.3 Å². The predicted molar refractivity (Wildman–Crippen MR) is 65.9 cm³/mol. The Morgan fingerprint density at radius 3 is 2.20 bits per heavy atom. The first-order valence-corrected chi connectivity index (χ1v) is 5.79. The summed E-state index contributed by atoms with van der Waals surface area (Å²) in [6, 6.07) is 1.37. The van der Waals surface area contributed by atoms with Gasteiger partial charge in [0.15, 0.2) is 17.5 Å². The third kappa shape index (κ3) is 2.38. The Morgan fingerprint density at radius 2 is 1.75 bits per heavy atom. The maximum atomic E-state index is 13.1. The zero-order valence-corrected chi connectivity index (χ0v) is 10.7. The van der Waals surface area contributed by atoms with Crippen molar-refractivity contribution in [2.24, 2.45) is 0 Å². The molecule has 0 aliphatic carbocycles. The van der Waals surface area contributed by atoms with Crippen LogP contribution in [0.1, 0.15) is 25.3 Å². The smallest absolute Gasteiger partial charge is 0.258 e. The molecule has 0 saturated carbocycles. The van der Waals surface area contributed by atoms with Crippen LogP contribution < -0.4 is 5.56 Å². The molecule has 2 N–H and O–H groups in total. The van der Waals surface area contributed by atoms with Crippen molar-refractivity contribution in [2.75, 3.05) is 0 Å².